The van der Waals surface area contributed by atoms with Crippen LogP contribution in [0.5, 0.6) is 0 Å². The summed E-state index contributed by atoms with van der Waals surface area (Å²) in [6.07, 6.45) is 0.914. The molecule has 1 aliphatic heterocycles. The lowest BCUT2D eigenvalue weighted by molar-refractivity contribution is 0.577. The van der Waals surface area contributed by atoms with Crippen LogP contribution in [-0.2, 0) is 13.0 Å². The second kappa shape index (κ2) is 8.26. The molecular weight excluding hydrogens is 424 g/mol. The van der Waals surface area contributed by atoms with Crippen molar-refractivity contribution in [1.82, 2.24) is 25.2 Å². The summed E-state index contributed by atoms with van der Waals surface area (Å²) in [5.41, 5.74) is 5.90. The smallest absolute Gasteiger partial charge is 0.254 e. The fourth-order valence-electron chi connectivity index (χ4n) is 4.96. The molecule has 2 aromatic heterocycles. The number of aromatic amines is 1. The zero-order valence-electron chi connectivity index (χ0n) is 18.8. The van der Waals surface area contributed by atoms with Crippen LogP contribution in [0.15, 0.2) is 83.7 Å². The molecule has 1 atom stereocenters. The number of benzene rings is 3. The number of fused-ring (bicyclic) bond motifs is 2. The largest absolute Gasteiger partial charge is 0.357 e. The number of para-hydroxylation sites is 2. The molecule has 34 heavy (non-hydrogen) atoms. The molecule has 1 N–H and O–H groups in total. The third kappa shape index (κ3) is 3.46. The summed E-state index contributed by atoms with van der Waals surface area (Å²) in [6, 6.07) is 26.1. The second-order valence-corrected chi connectivity index (χ2v) is 8.75. The summed E-state index contributed by atoms with van der Waals surface area (Å²) in [4.78, 5) is 18.9. The first-order valence-corrected chi connectivity index (χ1v) is 11.5. The van der Waals surface area contributed by atoms with E-state index in [0.29, 0.717) is 17.9 Å². The highest BCUT2D eigenvalue weighted by atomic mass is 16.1. The molecule has 0 radical (unpaired) electrons. The third-order valence-electron chi connectivity index (χ3n) is 6.63. The molecule has 6 rings (SSSR count). The third-order valence-corrected chi connectivity index (χ3v) is 6.63. The van der Waals surface area contributed by atoms with Gasteiger partial charge in [-0.3, -0.25) is 4.79 Å². The first-order valence-electron chi connectivity index (χ1n) is 11.5. The van der Waals surface area contributed by atoms with Gasteiger partial charge < -0.3 is 9.88 Å². The minimum Gasteiger partial charge on any atom is -0.357 e. The summed E-state index contributed by atoms with van der Waals surface area (Å²) in [5.74, 6) is 0.651. The fraction of sp³-hybridized carbons (Fsp3) is 0.185. The molecule has 1 unspecified atom stereocenters. The molecule has 0 aliphatic carbocycles. The number of nitrogens with one attached hydrogen (secondary N) is 1. The molecule has 1 aliphatic rings. The van der Waals surface area contributed by atoms with Gasteiger partial charge in [0.15, 0.2) is 5.82 Å². The zero-order valence-corrected chi connectivity index (χ0v) is 18.8. The Bertz CT molecular complexity index is 1540. The van der Waals surface area contributed by atoms with E-state index in [9.17, 15) is 4.79 Å². The summed E-state index contributed by atoms with van der Waals surface area (Å²) in [6.45, 7) is 3.32. The van der Waals surface area contributed by atoms with Crippen molar-refractivity contribution in [3.8, 4) is 0 Å². The van der Waals surface area contributed by atoms with E-state index in [-0.39, 0.29) is 5.56 Å². The van der Waals surface area contributed by atoms with Gasteiger partial charge in [0.2, 0.25) is 0 Å². The van der Waals surface area contributed by atoms with E-state index in [0.717, 1.165) is 40.7 Å². The van der Waals surface area contributed by atoms with Crippen molar-refractivity contribution in [1.29, 1.82) is 0 Å². The number of tetrazole rings is 1. The van der Waals surface area contributed by atoms with Gasteiger partial charge in [0.05, 0.1) is 12.1 Å². The average molecular weight is 449 g/mol. The highest BCUT2D eigenvalue weighted by Gasteiger charge is 2.34. The maximum Gasteiger partial charge on any atom is 0.254 e. The van der Waals surface area contributed by atoms with Gasteiger partial charge in [0.1, 0.15) is 6.04 Å². The molecule has 0 spiro atoms. The van der Waals surface area contributed by atoms with Gasteiger partial charge >= 0.3 is 0 Å². The van der Waals surface area contributed by atoms with Crippen molar-refractivity contribution in [3.05, 3.63) is 117 Å². The lowest BCUT2D eigenvalue weighted by Gasteiger charge is -2.29. The maximum absolute atomic E-state index is 13.5. The Hall–Kier alpha value is -4.26. The van der Waals surface area contributed by atoms with E-state index in [1.54, 1.807) is 4.68 Å². The SMILES string of the molecule is Cc1cccc2cc(C(c3nnnn3Cc3ccccc3)N3CCc4ccccc43)c(=O)[nH]c12. The van der Waals surface area contributed by atoms with E-state index in [2.05, 4.69) is 55.7 Å². The number of hydrogen-bond donors (Lipinski definition) is 1. The Kier molecular flexibility index (Phi) is 4.95. The van der Waals surface area contributed by atoms with Crippen molar-refractivity contribution >= 4 is 16.6 Å². The summed E-state index contributed by atoms with van der Waals surface area (Å²) >= 11 is 0. The Morgan fingerprint density at radius 2 is 1.82 bits per heavy atom. The molecule has 0 bridgehead atoms. The topological polar surface area (TPSA) is 79.7 Å². The van der Waals surface area contributed by atoms with E-state index >= 15 is 0 Å². The molecule has 0 saturated carbocycles. The number of pyridine rings is 1. The van der Waals surface area contributed by atoms with Gasteiger partial charge in [0.25, 0.3) is 5.56 Å². The van der Waals surface area contributed by atoms with Gasteiger partial charge in [-0.1, -0.05) is 66.7 Å². The average Bonchev–Trinajstić information content (AvgIpc) is 3.49. The van der Waals surface area contributed by atoms with Crippen LogP contribution in [0.1, 0.15) is 34.1 Å². The number of H-pyrrole nitrogens is 1. The number of rotatable bonds is 5. The first kappa shape index (κ1) is 20.4. The molecule has 168 valence electrons. The van der Waals surface area contributed by atoms with Crippen LogP contribution < -0.4 is 10.5 Å². The first-order chi connectivity index (χ1) is 16.7. The minimum absolute atomic E-state index is 0.120. The lowest BCUT2D eigenvalue weighted by Crippen LogP contribution is -2.34. The normalized spacial score (nSPS) is 13.9. The lowest BCUT2D eigenvalue weighted by atomic mass is 10.0. The van der Waals surface area contributed by atoms with Gasteiger partial charge in [-0.15, -0.1) is 5.10 Å². The Balaban J connectivity index is 1.54. The van der Waals surface area contributed by atoms with Crippen LogP contribution in [0.3, 0.4) is 0 Å². The molecular formula is C27H24N6O. The minimum atomic E-state index is -0.420. The van der Waals surface area contributed by atoms with Crippen molar-refractivity contribution in [3.63, 3.8) is 0 Å². The van der Waals surface area contributed by atoms with Crippen LogP contribution >= 0.6 is 0 Å². The van der Waals surface area contributed by atoms with E-state index in [1.165, 1.54) is 5.56 Å². The fourth-order valence-corrected chi connectivity index (χ4v) is 4.96. The number of hydrogen-bond acceptors (Lipinski definition) is 5. The molecule has 3 heterocycles. The highest BCUT2D eigenvalue weighted by Crippen LogP contribution is 2.37. The predicted octanol–water partition coefficient (Wildman–Crippen LogP) is 4.02. The number of nitrogens with zero attached hydrogens (tertiary/aromatic N) is 5. The van der Waals surface area contributed by atoms with Crippen molar-refractivity contribution in [2.45, 2.75) is 25.9 Å². The number of aromatic nitrogens is 5. The predicted molar refractivity (Wildman–Crippen MR) is 132 cm³/mol. The van der Waals surface area contributed by atoms with Crippen LogP contribution in [0.2, 0.25) is 0 Å². The van der Waals surface area contributed by atoms with Crippen LogP contribution in [-0.4, -0.2) is 31.7 Å². The molecule has 3 aromatic carbocycles. The Labute approximate surface area is 196 Å². The summed E-state index contributed by atoms with van der Waals surface area (Å²) in [5, 5.41) is 13.8. The molecule has 0 saturated heterocycles. The molecule has 7 nitrogen and oxygen atoms in total. The van der Waals surface area contributed by atoms with Gasteiger partial charge in [-0.2, -0.15) is 0 Å². The summed E-state index contributed by atoms with van der Waals surface area (Å²) < 4.78 is 1.81. The molecule has 0 amide bonds. The van der Waals surface area contributed by atoms with Crippen LogP contribution in [0, 0.1) is 6.92 Å². The molecule has 0 fully saturated rings. The van der Waals surface area contributed by atoms with Crippen molar-refractivity contribution in [2.75, 3.05) is 11.4 Å². The van der Waals surface area contributed by atoms with Crippen LogP contribution in [0.4, 0.5) is 5.69 Å². The van der Waals surface area contributed by atoms with Gasteiger partial charge in [-0.25, -0.2) is 4.68 Å². The quantitative estimate of drug-likeness (QED) is 0.439. The monoisotopic (exact) mass is 448 g/mol. The summed E-state index contributed by atoms with van der Waals surface area (Å²) in [7, 11) is 0. The number of anilines is 1. The second-order valence-electron chi connectivity index (χ2n) is 8.75. The van der Waals surface area contributed by atoms with E-state index in [4.69, 9.17) is 0 Å². The van der Waals surface area contributed by atoms with Crippen molar-refractivity contribution < 1.29 is 0 Å². The number of aryl methyl sites for hydroxylation is 1. The Morgan fingerprint density at radius 3 is 2.71 bits per heavy atom. The van der Waals surface area contributed by atoms with Crippen molar-refractivity contribution in [2.24, 2.45) is 0 Å². The van der Waals surface area contributed by atoms with E-state index in [1.807, 2.05) is 55.5 Å². The molecule has 7 heteroatoms. The van der Waals surface area contributed by atoms with Crippen LogP contribution in [0.25, 0.3) is 10.9 Å². The maximum atomic E-state index is 13.5. The van der Waals surface area contributed by atoms with Gasteiger partial charge in [0, 0.05) is 17.8 Å². The highest BCUT2D eigenvalue weighted by molar-refractivity contribution is 5.82. The standard InChI is InChI=1S/C27H24N6O/c1-18-8-7-12-21-16-22(27(34)28-24(18)21)25(32-15-14-20-11-5-6-13-23(20)32)26-29-30-31-33(26)17-19-9-3-2-4-10-19/h2-13,16,25H,14-15,17H2,1H3,(H,28,34). The zero-order chi connectivity index (χ0) is 23.1. The Morgan fingerprint density at radius 1 is 1.00 bits per heavy atom. The van der Waals surface area contributed by atoms with Gasteiger partial charge in [-0.05, 0) is 58.0 Å². The van der Waals surface area contributed by atoms with E-state index < -0.39 is 6.04 Å². The molecule has 5 aromatic rings.